The van der Waals surface area contributed by atoms with E-state index in [4.69, 9.17) is 0 Å². The molecule has 0 N–H and O–H groups in total. The highest BCUT2D eigenvalue weighted by Gasteiger charge is 2.15. The van der Waals surface area contributed by atoms with Gasteiger partial charge in [-0.3, -0.25) is 9.46 Å². The van der Waals surface area contributed by atoms with Crippen molar-refractivity contribution in [1.29, 1.82) is 0 Å². The lowest BCUT2D eigenvalue weighted by Crippen LogP contribution is -2.43. The molecule has 0 unspecified atom stereocenters. The van der Waals surface area contributed by atoms with E-state index in [0.717, 1.165) is 17.5 Å². The fourth-order valence-electron chi connectivity index (χ4n) is 1.53. The molecule has 0 aromatic rings. The predicted molar refractivity (Wildman–Crippen MR) is 68.7 cm³/mol. The Labute approximate surface area is 109 Å². The summed E-state index contributed by atoms with van der Waals surface area (Å²) in [6.45, 7) is 3.07. The largest absolute Gasteiger partial charge is 0.821 e. The van der Waals surface area contributed by atoms with Gasteiger partial charge in [-0.15, -0.1) is 18.4 Å². The van der Waals surface area contributed by atoms with Crippen molar-refractivity contribution >= 4 is 24.4 Å². The molecule has 1 amide bonds. The predicted octanol–water partition coefficient (Wildman–Crippen LogP) is -0.0980. The molecule has 0 radical (unpaired) electrons. The zero-order valence-electron chi connectivity index (χ0n) is 10.7. The van der Waals surface area contributed by atoms with Crippen molar-refractivity contribution in [3.63, 3.8) is 0 Å². The second kappa shape index (κ2) is 8.16. The Bertz CT molecular complexity index is 277. The molecular weight excluding hydrogens is 259 g/mol. The van der Waals surface area contributed by atoms with E-state index in [2.05, 4.69) is 11.8 Å². The van der Waals surface area contributed by atoms with Crippen molar-refractivity contribution in [1.82, 2.24) is 9.57 Å². The number of carbonyl (C=O) groups excluding carboxylic acids is 1. The lowest BCUT2D eigenvalue weighted by molar-refractivity contribution is -0.309. The van der Waals surface area contributed by atoms with Crippen LogP contribution in [0.3, 0.4) is 0 Å². The minimum absolute atomic E-state index is 0.138. The topological polar surface area (TPSA) is 69.7 Å². The molecule has 102 valence electrons. The molecule has 5 nitrogen and oxygen atoms in total. The van der Waals surface area contributed by atoms with E-state index in [0.29, 0.717) is 13.1 Å². The standard InChI is InChI=1S/C10H23N2O3PS/c1-4-7-11(8-5-2)10(13)9-12(6-3)16(14,15)17/h4-9H2,1-3H3,(H2,14,15,17)/p-2. The first-order valence-corrected chi connectivity index (χ1v) is 8.51. The number of rotatable bonds is 8. The van der Waals surface area contributed by atoms with Crippen LogP contribution in [0.4, 0.5) is 0 Å². The number of hydrogen-bond acceptors (Lipinski definition) is 4. The first-order valence-electron chi connectivity index (χ1n) is 5.92. The maximum Gasteiger partial charge on any atom is 0.237 e. The van der Waals surface area contributed by atoms with Crippen LogP contribution in [0.1, 0.15) is 33.6 Å². The van der Waals surface area contributed by atoms with E-state index in [1.807, 2.05) is 13.8 Å². The van der Waals surface area contributed by atoms with E-state index in [-0.39, 0.29) is 19.0 Å². The summed E-state index contributed by atoms with van der Waals surface area (Å²) in [5, 5.41) is 0. The molecule has 0 aliphatic carbocycles. The van der Waals surface area contributed by atoms with Crippen molar-refractivity contribution in [2.75, 3.05) is 26.2 Å². The van der Waals surface area contributed by atoms with Gasteiger partial charge in [-0.25, -0.2) is 0 Å². The van der Waals surface area contributed by atoms with E-state index in [1.165, 1.54) is 0 Å². The van der Waals surface area contributed by atoms with E-state index < -0.39 is 6.64 Å². The number of hydrogen-bond donors (Lipinski definition) is 0. The lowest BCUT2D eigenvalue weighted by Gasteiger charge is -2.46. The van der Waals surface area contributed by atoms with Crippen LogP contribution in [-0.2, 0) is 16.6 Å². The average Bonchev–Trinajstić information content (AvgIpc) is 2.23. The molecule has 0 spiro atoms. The van der Waals surface area contributed by atoms with Gasteiger partial charge in [0.25, 0.3) is 0 Å². The van der Waals surface area contributed by atoms with Crippen LogP contribution in [0.15, 0.2) is 0 Å². The zero-order chi connectivity index (χ0) is 13.5. The van der Waals surface area contributed by atoms with Crippen molar-refractivity contribution in [2.45, 2.75) is 33.6 Å². The van der Waals surface area contributed by atoms with Gasteiger partial charge in [0.1, 0.15) is 0 Å². The third-order valence-electron chi connectivity index (χ3n) is 2.37. The van der Waals surface area contributed by atoms with Crippen molar-refractivity contribution in [2.24, 2.45) is 0 Å². The monoisotopic (exact) mass is 280 g/mol. The molecule has 0 aromatic heterocycles. The molecule has 0 aliphatic heterocycles. The summed E-state index contributed by atoms with van der Waals surface area (Å²) in [6, 6.07) is 0. The van der Waals surface area contributed by atoms with Gasteiger partial charge in [0.2, 0.25) is 5.91 Å². The highest BCUT2D eigenvalue weighted by Crippen LogP contribution is 2.29. The van der Waals surface area contributed by atoms with Crippen LogP contribution >= 0.6 is 6.64 Å². The summed E-state index contributed by atoms with van der Waals surface area (Å²) in [5.74, 6) is -0.170. The summed E-state index contributed by atoms with van der Waals surface area (Å²) in [5.41, 5.74) is 0. The number of likely N-dealkylation sites (N-methyl/N-ethyl adjacent to an activating group) is 1. The minimum Gasteiger partial charge on any atom is -0.821 e. The zero-order valence-corrected chi connectivity index (χ0v) is 12.4. The lowest BCUT2D eigenvalue weighted by atomic mass is 10.3. The van der Waals surface area contributed by atoms with Gasteiger partial charge >= 0.3 is 0 Å². The van der Waals surface area contributed by atoms with E-state index in [1.54, 1.807) is 11.8 Å². The smallest absolute Gasteiger partial charge is 0.237 e. The first kappa shape index (κ1) is 17.0. The van der Waals surface area contributed by atoms with Crippen LogP contribution in [0.25, 0.3) is 0 Å². The molecule has 0 saturated carbocycles. The Morgan fingerprint density at radius 3 is 1.94 bits per heavy atom. The normalized spacial score (nSPS) is 11.9. The highest BCUT2D eigenvalue weighted by molar-refractivity contribution is 8.06. The van der Waals surface area contributed by atoms with Crippen LogP contribution in [0, 0.1) is 0 Å². The Kier molecular flexibility index (Phi) is 8.16. The molecule has 17 heavy (non-hydrogen) atoms. The third-order valence-corrected chi connectivity index (χ3v) is 4.18. The Balaban J connectivity index is 4.51. The van der Waals surface area contributed by atoms with Crippen molar-refractivity contribution in [3.8, 4) is 0 Å². The average molecular weight is 280 g/mol. The second-order valence-electron chi connectivity index (χ2n) is 3.83. The maximum atomic E-state index is 11.9. The molecule has 7 heteroatoms. The molecule has 0 rings (SSSR count). The molecule has 0 bridgehead atoms. The molecule has 0 atom stereocenters. The van der Waals surface area contributed by atoms with Crippen molar-refractivity contribution < 1.29 is 14.6 Å². The van der Waals surface area contributed by atoms with E-state index in [9.17, 15) is 14.6 Å². The molecule has 0 aliphatic rings. The quantitative estimate of drug-likeness (QED) is 0.581. The van der Waals surface area contributed by atoms with Gasteiger partial charge in [0, 0.05) is 13.1 Å². The molecule has 0 saturated heterocycles. The van der Waals surface area contributed by atoms with Crippen LogP contribution < -0.4 is 9.79 Å². The van der Waals surface area contributed by atoms with E-state index >= 15 is 0 Å². The second-order valence-corrected chi connectivity index (χ2v) is 6.72. The Hall–Kier alpha value is -0.0000000000000000833. The summed E-state index contributed by atoms with van der Waals surface area (Å²) in [6.07, 6.45) is 1.72. The third kappa shape index (κ3) is 6.48. The fourth-order valence-corrected chi connectivity index (χ4v) is 2.69. The molecule has 0 heterocycles. The fraction of sp³-hybridized carbons (Fsp3) is 0.900. The Morgan fingerprint density at radius 1 is 1.18 bits per heavy atom. The molecule has 0 aromatic carbocycles. The number of carbonyl (C=O) groups is 1. The van der Waals surface area contributed by atoms with Gasteiger partial charge in [-0.2, -0.15) is 0 Å². The highest BCUT2D eigenvalue weighted by atomic mass is 32.5. The molecular formula is C10H21N2O3PS-2. The van der Waals surface area contributed by atoms with Crippen LogP contribution in [0.2, 0.25) is 0 Å². The summed E-state index contributed by atoms with van der Waals surface area (Å²) in [4.78, 5) is 36.1. The SMILES string of the molecule is CCCN(CCC)C(=O)CN(CC)P([O-])([O-])=S. The van der Waals surface area contributed by atoms with Gasteiger partial charge < -0.3 is 14.7 Å². The van der Waals surface area contributed by atoms with Crippen LogP contribution in [-0.4, -0.2) is 41.7 Å². The van der Waals surface area contributed by atoms with Crippen molar-refractivity contribution in [3.05, 3.63) is 0 Å². The number of nitrogens with zero attached hydrogens (tertiary/aromatic N) is 2. The molecule has 0 fully saturated rings. The summed E-state index contributed by atoms with van der Waals surface area (Å²) < 4.78 is 1.04. The van der Waals surface area contributed by atoms with Gasteiger partial charge in [0.05, 0.1) is 6.54 Å². The summed E-state index contributed by atoms with van der Waals surface area (Å²) >= 11 is 4.39. The number of amides is 1. The van der Waals surface area contributed by atoms with Gasteiger partial charge in [0.15, 0.2) is 0 Å². The van der Waals surface area contributed by atoms with Crippen LogP contribution in [0.5, 0.6) is 0 Å². The maximum absolute atomic E-state index is 11.9. The summed E-state index contributed by atoms with van der Waals surface area (Å²) in [7, 11) is 0. The van der Waals surface area contributed by atoms with Gasteiger partial charge in [-0.05, 0) is 19.4 Å². The minimum atomic E-state index is -3.99. The Morgan fingerprint density at radius 2 is 1.65 bits per heavy atom. The van der Waals surface area contributed by atoms with Gasteiger partial charge in [-0.1, -0.05) is 20.8 Å². The first-order chi connectivity index (χ1) is 7.86.